The van der Waals surface area contributed by atoms with Crippen molar-refractivity contribution in [1.29, 1.82) is 0 Å². The fraction of sp³-hybridized carbons (Fsp3) is 1.00. The molecule has 6 heteroatoms. The van der Waals surface area contributed by atoms with Gasteiger partial charge in [0.2, 0.25) is 0 Å². The third kappa shape index (κ3) is 4.49. The number of hydrogen-bond donors (Lipinski definition) is 0. The number of rotatable bonds is 7. The van der Waals surface area contributed by atoms with Crippen LogP contribution in [-0.2, 0) is 0 Å². The van der Waals surface area contributed by atoms with E-state index in [1.807, 2.05) is 0 Å². The smallest absolute Gasteiger partial charge is 0.173 e. The number of nitrogens with zero attached hydrogens (tertiary/aromatic N) is 3. The molecule has 0 radical (unpaired) electrons. The molecule has 0 aliphatic carbocycles. The van der Waals surface area contributed by atoms with Crippen LogP contribution in [0.25, 0.3) is 0 Å². The van der Waals surface area contributed by atoms with Crippen LogP contribution in [0.4, 0.5) is 0 Å². The first-order valence-electron chi connectivity index (χ1n) is 6.15. The van der Waals surface area contributed by atoms with Crippen molar-refractivity contribution in [3.63, 3.8) is 0 Å². The molecule has 2 unspecified atom stereocenters. The summed E-state index contributed by atoms with van der Waals surface area (Å²) >= 11 is 0. The van der Waals surface area contributed by atoms with E-state index in [1.165, 1.54) is 13.1 Å². The fourth-order valence-electron chi connectivity index (χ4n) is 2.10. The minimum atomic E-state index is -0.798. The Morgan fingerprint density at radius 3 is 1.73 bits per heavy atom. The van der Waals surface area contributed by atoms with Crippen molar-refractivity contribution >= 4 is 27.9 Å². The highest BCUT2D eigenvalue weighted by Crippen LogP contribution is 2.05. The Balaban J connectivity index is 4.50. The van der Waals surface area contributed by atoms with Crippen molar-refractivity contribution in [3.05, 3.63) is 0 Å². The topological polar surface area (TPSA) is 9.72 Å². The Morgan fingerprint density at radius 2 is 1.47 bits per heavy atom. The zero-order valence-electron chi connectivity index (χ0n) is 11.6. The van der Waals surface area contributed by atoms with E-state index >= 15 is 0 Å². The van der Waals surface area contributed by atoms with E-state index in [0.29, 0.717) is 0 Å². The summed E-state index contributed by atoms with van der Waals surface area (Å²) in [6.45, 7) is 14.5. The monoisotopic (exact) mass is 263 g/mol. The highest BCUT2D eigenvalue weighted by atomic mass is 28.4. The van der Waals surface area contributed by atoms with E-state index in [2.05, 4.69) is 60.6 Å². The van der Waals surface area contributed by atoms with E-state index in [4.69, 9.17) is 0 Å². The Kier molecular flexibility index (Phi) is 8.02. The molecule has 0 rings (SSSR count). The van der Waals surface area contributed by atoms with Crippen LogP contribution in [0, 0.1) is 0 Å². The molecule has 15 heavy (non-hydrogen) atoms. The van der Waals surface area contributed by atoms with Gasteiger partial charge in [-0.1, -0.05) is 20.4 Å². The first-order valence-corrected chi connectivity index (χ1v) is 12.6. The molecule has 0 aromatic carbocycles. The highest BCUT2D eigenvalue weighted by Gasteiger charge is 2.25. The van der Waals surface area contributed by atoms with E-state index in [9.17, 15) is 0 Å². The van der Waals surface area contributed by atoms with Crippen molar-refractivity contribution in [3.8, 4) is 0 Å². The second-order valence-corrected chi connectivity index (χ2v) is 13.3. The first kappa shape index (κ1) is 15.5. The average Bonchev–Trinajstić information content (AvgIpc) is 2.20. The summed E-state index contributed by atoms with van der Waals surface area (Å²) in [5.41, 5.74) is 0. The van der Waals surface area contributed by atoms with E-state index < -0.39 is 18.2 Å². The van der Waals surface area contributed by atoms with Crippen LogP contribution < -0.4 is 0 Å². The summed E-state index contributed by atoms with van der Waals surface area (Å²) in [5, 5.41) is 0. The van der Waals surface area contributed by atoms with Gasteiger partial charge in [-0.3, -0.25) is 0 Å². The van der Waals surface area contributed by atoms with Gasteiger partial charge in [0.1, 0.15) is 0 Å². The van der Waals surface area contributed by atoms with Gasteiger partial charge in [-0.05, 0) is 40.3 Å². The lowest BCUT2D eigenvalue weighted by Crippen LogP contribution is -2.60. The lowest BCUT2D eigenvalue weighted by Gasteiger charge is -2.40. The summed E-state index contributed by atoms with van der Waals surface area (Å²) in [6.07, 6.45) is 0. The van der Waals surface area contributed by atoms with Gasteiger partial charge in [-0.15, -0.1) is 0 Å². The molecule has 0 aromatic heterocycles. The standard InChI is InChI=1S/C9H29N3Si3/c1-8-11(9-2)15(7)12(13-5)14(6)10(3)4/h14-15H,8-9,13H2,1-7H3. The van der Waals surface area contributed by atoms with Crippen molar-refractivity contribution in [2.24, 2.45) is 0 Å². The maximum absolute atomic E-state index is 2.94. The molecule has 0 fully saturated rings. The van der Waals surface area contributed by atoms with E-state index in [-0.39, 0.29) is 9.68 Å². The van der Waals surface area contributed by atoms with Crippen LogP contribution >= 0.6 is 0 Å². The van der Waals surface area contributed by atoms with Gasteiger partial charge >= 0.3 is 0 Å². The van der Waals surface area contributed by atoms with Gasteiger partial charge in [0.15, 0.2) is 18.2 Å². The van der Waals surface area contributed by atoms with Gasteiger partial charge < -0.3 is 13.0 Å². The van der Waals surface area contributed by atoms with Gasteiger partial charge in [0.25, 0.3) is 0 Å². The summed E-state index contributed by atoms with van der Waals surface area (Å²) in [5.74, 6) is 0. The van der Waals surface area contributed by atoms with Crippen molar-refractivity contribution in [1.82, 2.24) is 13.0 Å². The van der Waals surface area contributed by atoms with Gasteiger partial charge in [0.05, 0.1) is 9.68 Å². The van der Waals surface area contributed by atoms with Crippen molar-refractivity contribution in [2.75, 3.05) is 27.2 Å². The largest absolute Gasteiger partial charge is 0.354 e. The summed E-state index contributed by atoms with van der Waals surface area (Å²) < 4.78 is 8.11. The first-order chi connectivity index (χ1) is 6.99. The molecule has 0 spiro atoms. The van der Waals surface area contributed by atoms with Gasteiger partial charge in [0, 0.05) is 0 Å². The molecule has 0 aliphatic heterocycles. The molecule has 0 heterocycles. The van der Waals surface area contributed by atoms with Crippen LogP contribution in [0.5, 0.6) is 0 Å². The van der Waals surface area contributed by atoms with Crippen LogP contribution in [0.2, 0.25) is 19.6 Å². The molecular weight excluding hydrogens is 234 g/mol. The van der Waals surface area contributed by atoms with E-state index in [1.54, 1.807) is 0 Å². The predicted octanol–water partition coefficient (Wildman–Crippen LogP) is 0.0243. The predicted molar refractivity (Wildman–Crippen MR) is 78.9 cm³/mol. The molecule has 2 atom stereocenters. The van der Waals surface area contributed by atoms with Crippen LogP contribution in [0.3, 0.4) is 0 Å². The van der Waals surface area contributed by atoms with Crippen LogP contribution in [0.1, 0.15) is 13.8 Å². The van der Waals surface area contributed by atoms with Crippen LogP contribution in [0.15, 0.2) is 0 Å². The Hall–Kier alpha value is 0.531. The SMILES string of the molecule is CCN(CC)[SiH](C)N([SiH2]C)[SiH](C)N(C)C. The molecule has 0 aliphatic rings. The Labute approximate surface area is 102 Å². The molecule has 0 amide bonds. The van der Waals surface area contributed by atoms with E-state index in [0.717, 1.165) is 0 Å². The highest BCUT2D eigenvalue weighted by molar-refractivity contribution is 6.78. The molecule has 0 saturated carbocycles. The molecular formula is C9H29N3Si3. The Morgan fingerprint density at radius 1 is 1.00 bits per heavy atom. The van der Waals surface area contributed by atoms with Crippen molar-refractivity contribution < 1.29 is 0 Å². The summed E-state index contributed by atoms with van der Waals surface area (Å²) in [4.78, 5) is 0. The second kappa shape index (κ2) is 7.75. The van der Waals surface area contributed by atoms with Gasteiger partial charge in [-0.2, -0.15) is 0 Å². The second-order valence-electron chi connectivity index (χ2n) is 4.28. The summed E-state index contributed by atoms with van der Waals surface area (Å²) in [7, 11) is 2.92. The molecule has 0 N–H and O–H groups in total. The molecule has 0 saturated heterocycles. The normalized spacial score (nSPS) is 17.2. The van der Waals surface area contributed by atoms with Crippen molar-refractivity contribution in [2.45, 2.75) is 33.5 Å². The molecule has 3 nitrogen and oxygen atoms in total. The quantitative estimate of drug-likeness (QED) is 0.600. The summed E-state index contributed by atoms with van der Waals surface area (Å²) in [6, 6.07) is 0. The zero-order valence-corrected chi connectivity index (χ0v) is 15.3. The minimum absolute atomic E-state index is 0.00228. The lowest BCUT2D eigenvalue weighted by atomic mass is 10.7. The number of hydrogen-bond acceptors (Lipinski definition) is 3. The average molecular weight is 264 g/mol. The maximum Gasteiger partial charge on any atom is 0.173 e. The van der Waals surface area contributed by atoms with Crippen LogP contribution in [-0.4, -0.2) is 68.1 Å². The maximum atomic E-state index is 2.94. The third-order valence-corrected chi connectivity index (χ3v) is 17.3. The lowest BCUT2D eigenvalue weighted by molar-refractivity contribution is 0.459. The van der Waals surface area contributed by atoms with Gasteiger partial charge in [-0.25, -0.2) is 0 Å². The molecule has 0 aromatic rings. The minimum Gasteiger partial charge on any atom is -0.354 e. The molecule has 92 valence electrons. The molecule has 0 bridgehead atoms. The fourth-order valence-corrected chi connectivity index (χ4v) is 13.9. The third-order valence-electron chi connectivity index (χ3n) is 3.41. The zero-order chi connectivity index (χ0) is 12.0. The Bertz CT molecular complexity index is 165.